The Morgan fingerprint density at radius 1 is 0.439 bits per heavy atom. The molecule has 0 N–H and O–H groups in total. The lowest BCUT2D eigenvalue weighted by molar-refractivity contribution is -0.0193. The van der Waals surface area contributed by atoms with Gasteiger partial charge in [-0.05, 0) is 164 Å². The van der Waals surface area contributed by atoms with Crippen LogP contribution in [0.15, 0.2) is 164 Å². The Labute approximate surface area is 337 Å². The number of fused-ring (bicyclic) bond motifs is 12. The van der Waals surface area contributed by atoms with Crippen molar-refractivity contribution >= 4 is 17.1 Å². The molecule has 7 aromatic rings. The molecule has 6 unspecified atom stereocenters. The van der Waals surface area contributed by atoms with E-state index in [0.717, 1.165) is 23.7 Å². The van der Waals surface area contributed by atoms with E-state index >= 15 is 0 Å². The van der Waals surface area contributed by atoms with Crippen molar-refractivity contribution in [2.24, 2.45) is 29.1 Å². The summed E-state index contributed by atoms with van der Waals surface area (Å²) in [6.45, 7) is 4.79. The van der Waals surface area contributed by atoms with Crippen molar-refractivity contribution in [2.75, 3.05) is 4.90 Å². The summed E-state index contributed by atoms with van der Waals surface area (Å²) in [6.07, 6.45) is 7.22. The van der Waals surface area contributed by atoms with Gasteiger partial charge >= 0.3 is 0 Å². The Bertz CT molecular complexity index is 2780. The van der Waals surface area contributed by atoms with Crippen LogP contribution >= 0.6 is 0 Å². The summed E-state index contributed by atoms with van der Waals surface area (Å²) in [5, 5.41) is 0. The molecule has 1 nitrogen and oxygen atoms in total. The molecule has 7 aromatic carbocycles. The van der Waals surface area contributed by atoms with Crippen molar-refractivity contribution in [3.63, 3.8) is 0 Å². The zero-order valence-corrected chi connectivity index (χ0v) is 32.9. The van der Waals surface area contributed by atoms with Crippen LogP contribution in [0.5, 0.6) is 0 Å². The van der Waals surface area contributed by atoms with Crippen molar-refractivity contribution < 1.29 is 0 Å². The molecule has 0 heterocycles. The maximum absolute atomic E-state index is 2.61. The van der Waals surface area contributed by atoms with Gasteiger partial charge in [-0.3, -0.25) is 0 Å². The van der Waals surface area contributed by atoms with E-state index in [2.05, 4.69) is 183 Å². The number of hydrogen-bond acceptors (Lipinski definition) is 1. The normalized spacial score (nSPS) is 27.1. The molecule has 0 radical (unpaired) electrons. The molecule has 3 bridgehead atoms. The van der Waals surface area contributed by atoms with Gasteiger partial charge in [0.1, 0.15) is 0 Å². The van der Waals surface area contributed by atoms with Gasteiger partial charge in [-0.15, -0.1) is 0 Å². The van der Waals surface area contributed by atoms with Gasteiger partial charge in [0.15, 0.2) is 0 Å². The van der Waals surface area contributed by atoms with Gasteiger partial charge in [0.2, 0.25) is 0 Å². The van der Waals surface area contributed by atoms with Gasteiger partial charge in [0.05, 0.1) is 0 Å². The minimum atomic E-state index is -0.0850. The molecular formula is C56H47N. The van der Waals surface area contributed by atoms with Gasteiger partial charge in [-0.1, -0.05) is 141 Å². The van der Waals surface area contributed by atoms with E-state index in [9.17, 15) is 0 Å². The molecule has 0 amide bonds. The van der Waals surface area contributed by atoms with Gasteiger partial charge < -0.3 is 4.90 Å². The first-order chi connectivity index (χ1) is 27.9. The quantitative estimate of drug-likeness (QED) is 0.170. The molecule has 2 spiro atoms. The minimum absolute atomic E-state index is 0.0850. The van der Waals surface area contributed by atoms with E-state index in [0.29, 0.717) is 5.41 Å². The summed E-state index contributed by atoms with van der Waals surface area (Å²) in [5.74, 6) is 3.36. The van der Waals surface area contributed by atoms with Crippen LogP contribution in [0.25, 0.3) is 44.5 Å². The molecule has 276 valence electrons. The van der Waals surface area contributed by atoms with Crippen molar-refractivity contribution in [1.82, 2.24) is 0 Å². The highest BCUT2D eigenvalue weighted by Gasteiger charge is 2.77. The molecule has 0 aromatic heterocycles. The van der Waals surface area contributed by atoms with Crippen molar-refractivity contribution in [2.45, 2.75) is 56.8 Å². The summed E-state index contributed by atoms with van der Waals surface area (Å²) in [4.78, 5) is 2.54. The molecule has 4 fully saturated rings. The van der Waals surface area contributed by atoms with Crippen LogP contribution in [0.2, 0.25) is 0 Å². The Balaban J connectivity index is 1.03. The largest absolute Gasteiger partial charge is 0.310 e. The van der Waals surface area contributed by atoms with Crippen molar-refractivity contribution in [1.29, 1.82) is 0 Å². The lowest BCUT2D eigenvalue weighted by Gasteiger charge is -2.54. The molecule has 0 saturated heterocycles. The molecule has 6 aliphatic carbocycles. The third kappa shape index (κ3) is 4.10. The van der Waals surface area contributed by atoms with E-state index in [4.69, 9.17) is 0 Å². The van der Waals surface area contributed by atoms with Crippen LogP contribution in [0.4, 0.5) is 17.1 Å². The molecule has 1 heteroatoms. The Morgan fingerprint density at radius 3 is 1.89 bits per heavy atom. The fraction of sp³-hybridized carbons (Fsp3) is 0.250. The predicted molar refractivity (Wildman–Crippen MR) is 235 cm³/mol. The Morgan fingerprint density at radius 2 is 1.07 bits per heavy atom. The highest BCUT2D eigenvalue weighted by molar-refractivity contribution is 5.96. The maximum atomic E-state index is 2.61. The zero-order chi connectivity index (χ0) is 37.7. The third-order valence-electron chi connectivity index (χ3n) is 16.4. The van der Waals surface area contributed by atoms with E-state index in [1.54, 1.807) is 11.1 Å². The highest BCUT2D eigenvalue weighted by atomic mass is 15.1. The van der Waals surface area contributed by atoms with E-state index in [1.807, 2.05) is 0 Å². The van der Waals surface area contributed by atoms with Crippen LogP contribution in [0.1, 0.15) is 68.2 Å². The van der Waals surface area contributed by atoms with Crippen LogP contribution in [0.3, 0.4) is 0 Å². The summed E-state index contributed by atoms with van der Waals surface area (Å²) >= 11 is 0. The van der Waals surface area contributed by atoms with Gasteiger partial charge in [-0.25, -0.2) is 0 Å². The first kappa shape index (κ1) is 32.4. The number of nitrogens with zero attached hydrogens (tertiary/aromatic N) is 1. The van der Waals surface area contributed by atoms with Crippen LogP contribution in [-0.4, -0.2) is 0 Å². The maximum Gasteiger partial charge on any atom is 0.0468 e. The zero-order valence-electron chi connectivity index (χ0n) is 32.9. The minimum Gasteiger partial charge on any atom is -0.310 e. The number of anilines is 3. The summed E-state index contributed by atoms with van der Waals surface area (Å²) < 4.78 is 0. The fourth-order valence-corrected chi connectivity index (χ4v) is 14.3. The SMILES string of the molecule is CC1(C)c2ccccc2-c2ccc(N(c3ccc(-c4ccccc4)cc3)c3ccc4c(c3)-c3c(-c5ccccc5)cccc3C43C4CC5CC6CC3C6(C5)C4)cc21. The van der Waals surface area contributed by atoms with E-state index < -0.39 is 0 Å². The van der Waals surface area contributed by atoms with Crippen LogP contribution < -0.4 is 4.90 Å². The predicted octanol–water partition coefficient (Wildman–Crippen LogP) is 14.5. The highest BCUT2D eigenvalue weighted by Crippen LogP contribution is 2.83. The third-order valence-corrected chi connectivity index (χ3v) is 16.4. The summed E-state index contributed by atoms with van der Waals surface area (Å²) in [7, 11) is 0. The smallest absolute Gasteiger partial charge is 0.0468 e. The Kier molecular flexibility index (Phi) is 6.40. The lowest BCUT2D eigenvalue weighted by atomic mass is 9.49. The van der Waals surface area contributed by atoms with Gasteiger partial charge in [0.25, 0.3) is 0 Å². The second kappa shape index (κ2) is 11.3. The molecule has 4 saturated carbocycles. The number of benzene rings is 7. The first-order valence-corrected chi connectivity index (χ1v) is 21.5. The second-order valence-corrected chi connectivity index (χ2v) is 19.0. The summed E-state index contributed by atoms with van der Waals surface area (Å²) in [5.41, 5.74) is 21.1. The van der Waals surface area contributed by atoms with Gasteiger partial charge in [-0.2, -0.15) is 0 Å². The number of rotatable bonds is 5. The second-order valence-electron chi connectivity index (χ2n) is 19.0. The number of hydrogen-bond donors (Lipinski definition) is 0. The van der Waals surface area contributed by atoms with E-state index in [-0.39, 0.29) is 10.8 Å². The molecule has 13 rings (SSSR count). The van der Waals surface area contributed by atoms with Crippen molar-refractivity contribution in [3.8, 4) is 44.5 Å². The summed E-state index contributed by atoms with van der Waals surface area (Å²) in [6, 6.07) is 62.5. The van der Waals surface area contributed by atoms with E-state index in [1.165, 1.54) is 105 Å². The molecule has 6 aliphatic rings. The molecule has 6 atom stereocenters. The average Bonchev–Trinajstić information content (AvgIpc) is 3.81. The standard InChI is InChI=1S/C56H47N/c1-54(2)48-18-10-9-16-45(48)46-26-24-43(32-51(46)54)57(41-22-20-37(21-23-41)36-12-5-3-6-13-36)42-25-27-49-47(31-42)53-44(38-14-7-4-8-15-38)17-11-19-50(53)56(49)40-29-35-28-39-30-52(56)55(39,33-35)34-40/h3-27,31-32,35,39-40,52H,28-30,33-34H2,1-2H3. The molecule has 57 heavy (non-hydrogen) atoms. The lowest BCUT2D eigenvalue weighted by Crippen LogP contribution is -2.50. The average molecular weight is 734 g/mol. The first-order valence-electron chi connectivity index (χ1n) is 21.5. The molecular weight excluding hydrogens is 687 g/mol. The van der Waals surface area contributed by atoms with Crippen LogP contribution in [-0.2, 0) is 10.8 Å². The van der Waals surface area contributed by atoms with Gasteiger partial charge in [0, 0.05) is 27.9 Å². The monoisotopic (exact) mass is 733 g/mol. The molecule has 0 aliphatic heterocycles. The topological polar surface area (TPSA) is 3.24 Å². The van der Waals surface area contributed by atoms with Crippen LogP contribution in [0, 0.1) is 29.1 Å². The van der Waals surface area contributed by atoms with Crippen molar-refractivity contribution in [3.05, 3.63) is 186 Å². The fourth-order valence-electron chi connectivity index (χ4n) is 14.3. The Hall–Kier alpha value is -5.66.